The molecule has 0 N–H and O–H groups in total. The smallest absolute Gasteiger partial charge is 0.0622 e. The fraction of sp³-hybridized carbons (Fsp3) is 0.143. The van der Waals surface area contributed by atoms with Crippen molar-refractivity contribution in [1.29, 1.82) is 0 Å². The number of aryl methyl sites for hydroxylation is 1. The van der Waals surface area contributed by atoms with Crippen molar-refractivity contribution in [2.75, 3.05) is 0 Å². The Balaban J connectivity index is 0.959. The summed E-state index contributed by atoms with van der Waals surface area (Å²) in [6.07, 6.45) is 1.73. The summed E-state index contributed by atoms with van der Waals surface area (Å²) < 4.78 is 41.6. The molecule has 76 heavy (non-hydrogen) atoms. The third-order valence-corrected chi connectivity index (χ3v) is 17.0. The first-order valence-corrected chi connectivity index (χ1v) is 27.2. The van der Waals surface area contributed by atoms with E-state index in [-0.39, 0.29) is 16.4 Å². The van der Waals surface area contributed by atoms with Gasteiger partial charge in [0.25, 0.3) is 0 Å². The fourth-order valence-corrected chi connectivity index (χ4v) is 13.5. The molecular weight excluding hydrogens is 1110 g/mol. The van der Waals surface area contributed by atoms with Crippen LogP contribution in [0, 0.1) is 10.7 Å². The quantitative estimate of drug-likeness (QED) is 0.166. The van der Waals surface area contributed by atoms with E-state index in [1.54, 1.807) is 12.3 Å². The molecule has 0 atom stereocenters. The number of fused-ring (bicyclic) bond motifs is 14. The average molecular weight is 1170 g/mol. The Morgan fingerprint density at radius 2 is 1.01 bits per heavy atom. The summed E-state index contributed by atoms with van der Waals surface area (Å²) in [4.78, 5) is 5.18. The summed E-state index contributed by atoms with van der Waals surface area (Å²) >= 11 is 2.48. The van der Waals surface area contributed by atoms with Crippen LogP contribution in [0.1, 0.15) is 84.6 Å². The summed E-state index contributed by atoms with van der Waals surface area (Å²) in [6, 6.07) is 72.9. The molecule has 9 aromatic carbocycles. The molecule has 0 saturated carbocycles. The van der Waals surface area contributed by atoms with Crippen molar-refractivity contribution < 1.29 is 28.2 Å². The van der Waals surface area contributed by atoms with Gasteiger partial charge in [-0.05, 0) is 62.5 Å². The fourth-order valence-electron chi connectivity index (χ4n) is 12.3. The molecule has 0 amide bonds. The van der Waals surface area contributed by atoms with Crippen molar-refractivity contribution in [3.8, 4) is 62.1 Å². The number of rotatable bonds is 6. The van der Waals surface area contributed by atoms with Gasteiger partial charge in [-0.3, -0.25) is 0 Å². The number of hydrogen-bond acceptors (Lipinski definition) is 2. The molecule has 1 spiro atoms. The number of hydrogen-bond donors (Lipinski definition) is 0. The third-order valence-electron chi connectivity index (χ3n) is 16.0. The van der Waals surface area contributed by atoms with E-state index in [1.807, 2.05) is 42.5 Å². The van der Waals surface area contributed by atoms with Gasteiger partial charge in [0, 0.05) is 15.9 Å². The molecule has 14 rings (SSSR count). The van der Waals surface area contributed by atoms with Gasteiger partial charge in [-0.15, -0.1) is 0 Å². The van der Waals surface area contributed by atoms with Gasteiger partial charge < -0.3 is 0 Å². The predicted octanol–water partition coefficient (Wildman–Crippen LogP) is 17.7. The van der Waals surface area contributed by atoms with Crippen molar-refractivity contribution in [2.24, 2.45) is 0 Å². The number of imidazole rings is 1. The van der Waals surface area contributed by atoms with Crippen LogP contribution in [0.4, 0.5) is 0 Å². The Kier molecular flexibility index (Phi) is 9.63. The number of para-hydroxylation sites is 2. The minimum absolute atomic E-state index is 0.0434. The zero-order valence-electron chi connectivity index (χ0n) is 46.2. The molecule has 0 fully saturated rings. The standard InChI is InChI=1S/C70H56N4O.Pt/c1-44-34-67(71-42-58(44)45-20-9-8-10-21-45)74-65-39-51(75-50-23-19-22-48(38-50)72-43-73(64-31-18-17-30-63(64)72)49-36-46(68(2,3)4)35-47(37-49)69(5,6)7)32-33-55(65)57-40-56-54-26-13-16-29-61(54)70(62(56)41-66(57)74)59-27-14-11-24-52(59)53-25-12-15-28-60(53)70;/h8-42H,1-7H3;/i1D3;. The molecule has 6 heteroatoms. The van der Waals surface area contributed by atoms with Crippen molar-refractivity contribution in [3.05, 3.63) is 255 Å². The van der Waals surface area contributed by atoms with Crippen LogP contribution in [0.5, 0.6) is 11.5 Å². The van der Waals surface area contributed by atoms with Crippen molar-refractivity contribution in [1.82, 2.24) is 18.7 Å². The first kappa shape index (κ1) is 43.2. The molecule has 0 radical (unpaired) electrons. The van der Waals surface area contributed by atoms with Gasteiger partial charge in [0.05, 0.1) is 5.41 Å². The summed E-state index contributed by atoms with van der Waals surface area (Å²) in [5, 5.41) is 2.03. The van der Waals surface area contributed by atoms with Gasteiger partial charge in [0.1, 0.15) is 0 Å². The maximum atomic E-state index is 8.91. The second kappa shape index (κ2) is 16.9. The second-order valence-electron chi connectivity index (χ2n) is 22.5. The predicted molar refractivity (Wildman–Crippen MR) is 308 cm³/mol. The maximum absolute atomic E-state index is 8.91. The van der Waals surface area contributed by atoms with E-state index in [4.69, 9.17) is 13.8 Å². The van der Waals surface area contributed by atoms with E-state index in [0.29, 0.717) is 22.9 Å². The van der Waals surface area contributed by atoms with Gasteiger partial charge in [-0.2, -0.15) is 0 Å². The van der Waals surface area contributed by atoms with E-state index in [9.17, 15) is 0 Å². The van der Waals surface area contributed by atoms with Crippen LogP contribution in [0.2, 0.25) is 0 Å². The molecule has 5 nitrogen and oxygen atoms in total. The van der Waals surface area contributed by atoms with Gasteiger partial charge in [0.15, 0.2) is 0 Å². The van der Waals surface area contributed by atoms with Gasteiger partial charge in [-0.25, -0.2) is 0 Å². The SMILES string of the molecule is [2H]C([2H])([2H])c1cc(-n2c3cc(Oc4cccc(-n5[c](=[Pt])n(-c6cc(C(C)(C)C)cc(C(C)(C)C)c6)c6ccccc65)c4)ccc3c3cc4c(cc32)C2(c3ccccc3-c3ccccc32)c2ccccc2-4)ncc1-c1ccccc1. The Morgan fingerprint density at radius 3 is 1.64 bits per heavy atom. The normalized spacial score (nSPS) is 14.1. The van der Waals surface area contributed by atoms with Gasteiger partial charge in [-0.1, -0.05) is 103 Å². The molecule has 0 unspecified atom stereocenters. The van der Waals surface area contributed by atoms with Crippen molar-refractivity contribution in [2.45, 2.75) is 64.6 Å². The van der Waals surface area contributed by atoms with Crippen molar-refractivity contribution >= 4 is 32.8 Å². The third kappa shape index (κ3) is 6.94. The number of aromatic nitrogens is 4. The molecular formula is C70H56N4OPt. The Morgan fingerprint density at radius 1 is 0.447 bits per heavy atom. The van der Waals surface area contributed by atoms with E-state index in [0.717, 1.165) is 53.6 Å². The Bertz CT molecular complexity index is 4490. The molecule has 2 aliphatic carbocycles. The first-order valence-electron chi connectivity index (χ1n) is 27.6. The minimum atomic E-state index is -2.43. The molecule has 0 bridgehead atoms. The molecule has 12 aromatic rings. The van der Waals surface area contributed by atoms with Crippen LogP contribution in [-0.2, 0) is 35.6 Å². The molecule has 2 aliphatic rings. The average Bonchev–Trinajstić information content (AvgIpc) is 2.62. The first-order chi connectivity index (χ1) is 38.0. The van der Waals surface area contributed by atoms with E-state index < -0.39 is 12.3 Å². The zero-order valence-corrected chi connectivity index (χ0v) is 45.5. The van der Waals surface area contributed by atoms with Crippen LogP contribution in [0.15, 0.2) is 212 Å². The van der Waals surface area contributed by atoms with Crippen LogP contribution in [0.25, 0.3) is 83.4 Å². The molecule has 0 aliphatic heterocycles. The van der Waals surface area contributed by atoms with Gasteiger partial charge >= 0.3 is 275 Å². The van der Waals surface area contributed by atoms with E-state index >= 15 is 0 Å². The molecule has 0 saturated heterocycles. The number of ether oxygens (including phenoxy) is 1. The van der Waals surface area contributed by atoms with Crippen LogP contribution in [-0.4, -0.2) is 18.7 Å². The van der Waals surface area contributed by atoms with Gasteiger partial charge in [0.2, 0.25) is 0 Å². The number of pyridine rings is 1. The molecule has 3 heterocycles. The minimum Gasteiger partial charge on any atom is -0.0622 e. The summed E-state index contributed by atoms with van der Waals surface area (Å²) in [7, 11) is 0. The summed E-state index contributed by atoms with van der Waals surface area (Å²) in [5.41, 5.74) is 19.3. The molecule has 3 aromatic heterocycles. The summed E-state index contributed by atoms with van der Waals surface area (Å²) in [5.74, 6) is 1.82. The van der Waals surface area contributed by atoms with Crippen LogP contribution in [0.3, 0.4) is 0 Å². The zero-order chi connectivity index (χ0) is 54.3. The number of nitrogens with zero attached hydrogens (tertiary/aromatic N) is 4. The second-order valence-corrected chi connectivity index (χ2v) is 23.6. The van der Waals surface area contributed by atoms with Crippen LogP contribution >= 0.6 is 0 Å². The monoisotopic (exact) mass is 1170 g/mol. The Hall–Kier alpha value is -8.11. The van der Waals surface area contributed by atoms with E-state index in [1.165, 1.54) is 55.6 Å². The Labute approximate surface area is 459 Å². The topological polar surface area (TPSA) is 36.9 Å². The van der Waals surface area contributed by atoms with Crippen LogP contribution < -0.4 is 4.74 Å². The summed E-state index contributed by atoms with van der Waals surface area (Å²) in [6.45, 7) is 11.3. The van der Waals surface area contributed by atoms with Crippen molar-refractivity contribution in [3.63, 3.8) is 0 Å². The van der Waals surface area contributed by atoms with E-state index in [2.05, 4.69) is 232 Å². The molecule has 372 valence electrons. The number of benzene rings is 9.